The van der Waals surface area contributed by atoms with Gasteiger partial charge in [0.25, 0.3) is 0 Å². The quantitative estimate of drug-likeness (QED) is 0.767. The van der Waals surface area contributed by atoms with Crippen molar-refractivity contribution in [3.63, 3.8) is 0 Å². The second kappa shape index (κ2) is 6.92. The number of Topliss-reactive ketones (excluding diaryl/α,β-unsaturated/α-hetero) is 1. The molecule has 0 saturated carbocycles. The summed E-state index contributed by atoms with van der Waals surface area (Å²) in [5.74, 6) is -0.180. The Kier molecular flexibility index (Phi) is 5.55. The van der Waals surface area contributed by atoms with Crippen molar-refractivity contribution in [1.82, 2.24) is 4.90 Å². The molecule has 0 aliphatic carbocycles. The second-order valence-electron chi connectivity index (χ2n) is 4.43. The molecule has 0 N–H and O–H groups in total. The van der Waals surface area contributed by atoms with E-state index in [-0.39, 0.29) is 5.78 Å². The van der Waals surface area contributed by atoms with Crippen LogP contribution in [0.4, 0.5) is 4.79 Å². The van der Waals surface area contributed by atoms with Gasteiger partial charge in [0.15, 0.2) is 6.10 Å². The number of hydrogen-bond acceptors (Lipinski definition) is 3. The molecule has 19 heavy (non-hydrogen) atoms. The lowest BCUT2D eigenvalue weighted by Crippen LogP contribution is -2.35. The Morgan fingerprint density at radius 1 is 1.16 bits per heavy atom. The van der Waals surface area contributed by atoms with Crippen LogP contribution in [0.5, 0.6) is 0 Å². The predicted molar refractivity (Wildman–Crippen MR) is 74.4 cm³/mol. The molecule has 0 fully saturated rings. The number of hydrogen-bond donors (Lipinski definition) is 0. The van der Waals surface area contributed by atoms with Gasteiger partial charge in [-0.1, -0.05) is 29.8 Å². The molecule has 1 rings (SSSR count). The average Bonchev–Trinajstić information content (AvgIpc) is 2.40. The van der Waals surface area contributed by atoms with Crippen LogP contribution >= 0.6 is 0 Å². The van der Waals surface area contributed by atoms with Crippen molar-refractivity contribution < 1.29 is 14.3 Å². The van der Waals surface area contributed by atoms with Crippen molar-refractivity contribution >= 4 is 11.9 Å². The molecule has 4 nitrogen and oxygen atoms in total. The van der Waals surface area contributed by atoms with Crippen molar-refractivity contribution in [2.75, 3.05) is 13.1 Å². The normalized spacial score (nSPS) is 11.8. The summed E-state index contributed by atoms with van der Waals surface area (Å²) in [7, 11) is 0. The number of benzene rings is 1. The van der Waals surface area contributed by atoms with Gasteiger partial charge in [-0.25, -0.2) is 4.79 Å². The summed E-state index contributed by atoms with van der Waals surface area (Å²) in [4.78, 5) is 25.4. The van der Waals surface area contributed by atoms with Gasteiger partial charge in [0, 0.05) is 18.7 Å². The molecule has 1 unspecified atom stereocenters. The summed E-state index contributed by atoms with van der Waals surface area (Å²) < 4.78 is 5.18. The molecule has 1 atom stereocenters. The molecule has 0 heterocycles. The van der Waals surface area contributed by atoms with Crippen LogP contribution in [0.2, 0.25) is 0 Å². The zero-order chi connectivity index (χ0) is 14.4. The van der Waals surface area contributed by atoms with E-state index in [0.717, 1.165) is 5.56 Å². The molecule has 4 heteroatoms. The smallest absolute Gasteiger partial charge is 0.410 e. The van der Waals surface area contributed by atoms with Gasteiger partial charge >= 0.3 is 6.09 Å². The summed E-state index contributed by atoms with van der Waals surface area (Å²) in [5.41, 5.74) is 1.65. The van der Waals surface area contributed by atoms with Crippen molar-refractivity contribution in [1.29, 1.82) is 0 Å². The fraction of sp³-hybridized carbons (Fsp3) is 0.467. The molecule has 0 radical (unpaired) electrons. The highest BCUT2D eigenvalue weighted by Crippen LogP contribution is 2.09. The molecular weight excluding hydrogens is 242 g/mol. The first kappa shape index (κ1) is 15.2. The largest absolute Gasteiger partial charge is 0.438 e. The maximum absolute atomic E-state index is 12.1. The van der Waals surface area contributed by atoms with Gasteiger partial charge in [-0.2, -0.15) is 0 Å². The molecule has 0 aliphatic heterocycles. The standard InChI is InChI=1S/C15H21NO3/c1-5-16(6-2)15(18)19-12(4)14(17)13-9-7-11(3)8-10-13/h7-10,12H,5-6H2,1-4H3. The maximum atomic E-state index is 12.1. The van der Waals surface area contributed by atoms with Crippen LogP contribution in [0.25, 0.3) is 0 Å². The third kappa shape index (κ3) is 4.09. The van der Waals surface area contributed by atoms with Crippen LogP contribution in [0.1, 0.15) is 36.7 Å². The van der Waals surface area contributed by atoms with Crippen LogP contribution in [0, 0.1) is 6.92 Å². The van der Waals surface area contributed by atoms with E-state index in [1.54, 1.807) is 24.0 Å². The van der Waals surface area contributed by atoms with Crippen LogP contribution in [-0.2, 0) is 4.74 Å². The van der Waals surface area contributed by atoms with E-state index < -0.39 is 12.2 Å². The lowest BCUT2D eigenvalue weighted by Gasteiger charge is -2.20. The fourth-order valence-corrected chi connectivity index (χ4v) is 1.71. The molecule has 1 amide bonds. The van der Waals surface area contributed by atoms with E-state index in [4.69, 9.17) is 4.74 Å². The third-order valence-corrected chi connectivity index (χ3v) is 3.00. The van der Waals surface area contributed by atoms with Gasteiger partial charge in [-0.3, -0.25) is 4.79 Å². The van der Waals surface area contributed by atoms with Crippen molar-refractivity contribution in [2.45, 2.75) is 33.8 Å². The Labute approximate surface area is 114 Å². The maximum Gasteiger partial charge on any atom is 0.410 e. The summed E-state index contributed by atoms with van der Waals surface area (Å²) in [6.45, 7) is 8.44. The molecule has 104 valence electrons. The molecule has 0 bridgehead atoms. The molecular formula is C15H21NO3. The number of nitrogens with zero attached hydrogens (tertiary/aromatic N) is 1. The van der Waals surface area contributed by atoms with Gasteiger partial charge in [-0.15, -0.1) is 0 Å². The zero-order valence-electron chi connectivity index (χ0n) is 12.0. The Balaban J connectivity index is 2.67. The number of aryl methyl sites for hydroxylation is 1. The zero-order valence-corrected chi connectivity index (χ0v) is 12.0. The van der Waals surface area contributed by atoms with E-state index in [2.05, 4.69) is 0 Å². The monoisotopic (exact) mass is 263 g/mol. The van der Waals surface area contributed by atoms with Crippen molar-refractivity contribution in [3.8, 4) is 0 Å². The van der Waals surface area contributed by atoms with E-state index in [1.165, 1.54) is 0 Å². The highest BCUT2D eigenvalue weighted by atomic mass is 16.6. The lowest BCUT2D eigenvalue weighted by molar-refractivity contribution is 0.0549. The van der Waals surface area contributed by atoms with E-state index in [1.807, 2.05) is 32.9 Å². The minimum absolute atomic E-state index is 0.180. The van der Waals surface area contributed by atoms with Crippen molar-refractivity contribution in [2.24, 2.45) is 0 Å². The number of carbonyl (C=O) groups is 2. The van der Waals surface area contributed by atoms with Gasteiger partial charge in [0.2, 0.25) is 5.78 Å². The number of ether oxygens (including phenoxy) is 1. The van der Waals surface area contributed by atoms with Crippen molar-refractivity contribution in [3.05, 3.63) is 35.4 Å². The highest BCUT2D eigenvalue weighted by molar-refractivity contribution is 6.00. The fourth-order valence-electron chi connectivity index (χ4n) is 1.71. The molecule has 1 aromatic carbocycles. The summed E-state index contributed by atoms with van der Waals surface area (Å²) in [6, 6.07) is 7.23. The predicted octanol–water partition coefficient (Wildman–Crippen LogP) is 3.04. The first-order valence-corrected chi connectivity index (χ1v) is 6.56. The number of carbonyl (C=O) groups excluding carboxylic acids is 2. The van der Waals surface area contributed by atoms with E-state index in [0.29, 0.717) is 18.7 Å². The van der Waals surface area contributed by atoms with Crippen LogP contribution in [0.15, 0.2) is 24.3 Å². The first-order valence-electron chi connectivity index (χ1n) is 6.56. The summed E-state index contributed by atoms with van der Waals surface area (Å²) in [5, 5.41) is 0. The minimum atomic E-state index is -0.768. The van der Waals surface area contributed by atoms with Gasteiger partial charge < -0.3 is 9.64 Å². The van der Waals surface area contributed by atoms with Crippen LogP contribution in [-0.4, -0.2) is 36.0 Å². The Morgan fingerprint density at radius 3 is 2.16 bits per heavy atom. The van der Waals surface area contributed by atoms with Gasteiger partial charge in [-0.05, 0) is 27.7 Å². The Bertz CT molecular complexity index is 435. The van der Waals surface area contributed by atoms with Gasteiger partial charge in [0.05, 0.1) is 0 Å². The third-order valence-electron chi connectivity index (χ3n) is 3.00. The SMILES string of the molecule is CCN(CC)C(=O)OC(C)C(=O)c1ccc(C)cc1. The Morgan fingerprint density at radius 2 is 1.68 bits per heavy atom. The average molecular weight is 263 g/mol. The summed E-state index contributed by atoms with van der Waals surface area (Å²) in [6.07, 6.45) is -1.21. The molecule has 0 aliphatic rings. The second-order valence-corrected chi connectivity index (χ2v) is 4.43. The molecule has 0 spiro atoms. The van der Waals surface area contributed by atoms with Crippen LogP contribution < -0.4 is 0 Å². The first-order chi connectivity index (χ1) is 8.99. The molecule has 1 aromatic rings. The number of rotatable bonds is 5. The lowest BCUT2D eigenvalue weighted by atomic mass is 10.1. The molecule has 0 aromatic heterocycles. The Hall–Kier alpha value is -1.84. The van der Waals surface area contributed by atoms with Gasteiger partial charge in [0.1, 0.15) is 0 Å². The van der Waals surface area contributed by atoms with E-state index >= 15 is 0 Å². The highest BCUT2D eigenvalue weighted by Gasteiger charge is 2.21. The van der Waals surface area contributed by atoms with E-state index in [9.17, 15) is 9.59 Å². The minimum Gasteiger partial charge on any atom is -0.438 e. The van der Waals surface area contributed by atoms with Crippen LogP contribution in [0.3, 0.4) is 0 Å². The molecule has 0 saturated heterocycles. The summed E-state index contributed by atoms with van der Waals surface area (Å²) >= 11 is 0. The number of ketones is 1. The topological polar surface area (TPSA) is 46.6 Å². The number of amides is 1.